The summed E-state index contributed by atoms with van der Waals surface area (Å²) in [6, 6.07) is 13.2. The smallest absolute Gasteiger partial charge is 0.273 e. The highest BCUT2D eigenvalue weighted by atomic mass is 35.5. The minimum absolute atomic E-state index is 0.262. The Hall–Kier alpha value is -3.16. The second-order valence-electron chi connectivity index (χ2n) is 7.04. The molecule has 0 aliphatic carbocycles. The molecule has 9 heteroatoms. The molecule has 0 unspecified atom stereocenters. The van der Waals surface area contributed by atoms with Gasteiger partial charge in [0.1, 0.15) is 11.5 Å². The normalized spacial score (nSPS) is 11.0. The molecule has 4 aromatic rings. The zero-order valence-corrected chi connectivity index (χ0v) is 18.2. The molecule has 1 amide bonds. The average molecular weight is 458 g/mol. The summed E-state index contributed by atoms with van der Waals surface area (Å²) in [5.74, 6) is -0.674. The summed E-state index contributed by atoms with van der Waals surface area (Å²) in [5.41, 5.74) is 3.88. The molecule has 0 saturated heterocycles. The van der Waals surface area contributed by atoms with E-state index in [4.69, 9.17) is 23.2 Å². The largest absolute Gasteiger partial charge is 0.318 e. The number of benzene rings is 2. The number of carbonyl (C=O) groups is 1. The van der Waals surface area contributed by atoms with Crippen LogP contribution in [0.25, 0.3) is 11.3 Å². The Morgan fingerprint density at radius 3 is 2.68 bits per heavy atom. The topological polar surface area (TPSA) is 75.6 Å². The molecule has 6 nitrogen and oxygen atoms in total. The number of aromatic nitrogens is 4. The van der Waals surface area contributed by atoms with Gasteiger partial charge in [0.25, 0.3) is 5.91 Å². The molecule has 0 spiro atoms. The third-order valence-electron chi connectivity index (χ3n) is 4.93. The van der Waals surface area contributed by atoms with Gasteiger partial charge in [0.15, 0.2) is 0 Å². The van der Waals surface area contributed by atoms with Crippen LogP contribution < -0.4 is 5.32 Å². The van der Waals surface area contributed by atoms with Gasteiger partial charge in [-0.1, -0.05) is 41.4 Å². The summed E-state index contributed by atoms with van der Waals surface area (Å²) in [5, 5.41) is 15.2. The lowest BCUT2D eigenvalue weighted by molar-refractivity contribution is 0.102. The molecule has 0 atom stereocenters. The number of amides is 1. The summed E-state index contributed by atoms with van der Waals surface area (Å²) in [6.45, 7) is 3.87. The highest BCUT2D eigenvalue weighted by Crippen LogP contribution is 2.29. The van der Waals surface area contributed by atoms with Crippen molar-refractivity contribution in [3.8, 4) is 11.3 Å². The third kappa shape index (κ3) is 4.33. The van der Waals surface area contributed by atoms with Crippen LogP contribution in [0.5, 0.6) is 0 Å². The first-order chi connectivity index (χ1) is 14.8. The van der Waals surface area contributed by atoms with Crippen LogP contribution >= 0.6 is 23.2 Å². The predicted octanol–water partition coefficient (Wildman–Crippen LogP) is 5.64. The Bertz CT molecular complexity index is 1280. The van der Waals surface area contributed by atoms with Crippen molar-refractivity contribution in [1.29, 1.82) is 0 Å². The van der Waals surface area contributed by atoms with Crippen LogP contribution in [0.3, 0.4) is 0 Å². The van der Waals surface area contributed by atoms with Gasteiger partial charge in [0, 0.05) is 16.1 Å². The Labute approximate surface area is 188 Å². The first-order valence-electron chi connectivity index (χ1n) is 9.43. The fourth-order valence-electron chi connectivity index (χ4n) is 3.27. The standard InChI is InChI=1S/C22H18Cl2FN5O/c1-12-21(13(2)30(29-12)11-14-5-3-4-6-18(14)25)26-22(31)20-10-19(27-28-20)16-8-7-15(23)9-17(16)24/h3-10H,11H2,1-2H3,(H,26,31)(H,27,28). The number of nitrogens with one attached hydrogen (secondary N) is 2. The van der Waals surface area contributed by atoms with E-state index in [2.05, 4.69) is 20.6 Å². The van der Waals surface area contributed by atoms with Gasteiger partial charge in [-0.2, -0.15) is 10.2 Å². The van der Waals surface area contributed by atoms with Crippen LogP contribution in [-0.2, 0) is 6.54 Å². The molecule has 158 valence electrons. The predicted molar refractivity (Wildman–Crippen MR) is 119 cm³/mol. The zero-order chi connectivity index (χ0) is 22.1. The Balaban J connectivity index is 1.55. The van der Waals surface area contributed by atoms with Crippen molar-refractivity contribution in [3.05, 3.63) is 87.0 Å². The van der Waals surface area contributed by atoms with Crippen molar-refractivity contribution in [1.82, 2.24) is 20.0 Å². The second-order valence-corrected chi connectivity index (χ2v) is 7.88. The van der Waals surface area contributed by atoms with Gasteiger partial charge in [0.05, 0.1) is 34.3 Å². The minimum Gasteiger partial charge on any atom is -0.318 e. The SMILES string of the molecule is Cc1nn(Cc2ccccc2F)c(C)c1NC(=O)c1cc(-c2ccc(Cl)cc2Cl)n[nH]1. The molecule has 0 fully saturated rings. The molecular formula is C22H18Cl2FN5O. The maximum Gasteiger partial charge on any atom is 0.273 e. The van der Waals surface area contributed by atoms with E-state index < -0.39 is 0 Å². The Morgan fingerprint density at radius 2 is 1.94 bits per heavy atom. The van der Waals surface area contributed by atoms with Crippen LogP contribution in [0.4, 0.5) is 10.1 Å². The molecule has 0 bridgehead atoms. The molecule has 2 aromatic heterocycles. The number of aryl methyl sites for hydroxylation is 1. The van der Waals surface area contributed by atoms with Gasteiger partial charge in [-0.05, 0) is 44.2 Å². The van der Waals surface area contributed by atoms with Crippen molar-refractivity contribution in [2.24, 2.45) is 0 Å². The number of carbonyl (C=O) groups excluding carboxylic acids is 1. The number of rotatable bonds is 5. The van der Waals surface area contributed by atoms with Gasteiger partial charge in [-0.15, -0.1) is 0 Å². The quantitative estimate of drug-likeness (QED) is 0.407. The fourth-order valence-corrected chi connectivity index (χ4v) is 3.78. The van der Waals surface area contributed by atoms with Crippen molar-refractivity contribution < 1.29 is 9.18 Å². The van der Waals surface area contributed by atoms with Crippen molar-refractivity contribution >= 4 is 34.8 Å². The fraction of sp³-hybridized carbons (Fsp3) is 0.136. The molecule has 2 heterocycles. The zero-order valence-electron chi connectivity index (χ0n) is 16.7. The Morgan fingerprint density at radius 1 is 1.16 bits per heavy atom. The molecule has 2 N–H and O–H groups in total. The number of aromatic amines is 1. The van der Waals surface area contributed by atoms with E-state index >= 15 is 0 Å². The minimum atomic E-state index is -0.375. The second kappa shape index (κ2) is 8.53. The molecule has 31 heavy (non-hydrogen) atoms. The molecule has 0 radical (unpaired) electrons. The van der Waals surface area contributed by atoms with Crippen LogP contribution in [-0.4, -0.2) is 25.9 Å². The van der Waals surface area contributed by atoms with Gasteiger partial charge < -0.3 is 5.32 Å². The molecule has 4 rings (SSSR count). The average Bonchev–Trinajstić information content (AvgIpc) is 3.31. The summed E-state index contributed by atoms with van der Waals surface area (Å²) >= 11 is 12.2. The van der Waals surface area contributed by atoms with Crippen molar-refractivity contribution in [3.63, 3.8) is 0 Å². The monoisotopic (exact) mass is 457 g/mol. The highest BCUT2D eigenvalue weighted by molar-refractivity contribution is 6.36. The maximum absolute atomic E-state index is 14.0. The van der Waals surface area contributed by atoms with Gasteiger partial charge in [-0.3, -0.25) is 14.6 Å². The first-order valence-corrected chi connectivity index (χ1v) is 10.2. The summed E-state index contributed by atoms with van der Waals surface area (Å²) in [7, 11) is 0. The van der Waals surface area contributed by atoms with Crippen LogP contribution in [0, 0.1) is 19.7 Å². The maximum atomic E-state index is 14.0. The number of halogens is 3. The summed E-state index contributed by atoms with van der Waals surface area (Å²) in [4.78, 5) is 12.8. The van der Waals surface area contributed by atoms with E-state index in [9.17, 15) is 9.18 Å². The molecule has 2 aromatic carbocycles. The lowest BCUT2D eigenvalue weighted by Crippen LogP contribution is -2.14. The highest BCUT2D eigenvalue weighted by Gasteiger charge is 2.18. The number of anilines is 1. The number of H-pyrrole nitrogens is 1. The van der Waals surface area contributed by atoms with E-state index in [1.807, 2.05) is 6.92 Å². The van der Waals surface area contributed by atoms with Crippen LogP contribution in [0.15, 0.2) is 48.5 Å². The van der Waals surface area contributed by atoms with Gasteiger partial charge >= 0.3 is 0 Å². The third-order valence-corrected chi connectivity index (χ3v) is 5.48. The lowest BCUT2D eigenvalue weighted by Gasteiger charge is -2.07. The molecule has 0 saturated carbocycles. The van der Waals surface area contributed by atoms with E-state index in [1.165, 1.54) is 6.07 Å². The molecule has 0 aliphatic rings. The van der Waals surface area contributed by atoms with E-state index in [0.717, 1.165) is 5.69 Å². The van der Waals surface area contributed by atoms with Crippen molar-refractivity contribution in [2.45, 2.75) is 20.4 Å². The molecular weight excluding hydrogens is 440 g/mol. The lowest BCUT2D eigenvalue weighted by atomic mass is 10.1. The summed E-state index contributed by atoms with van der Waals surface area (Å²) in [6.07, 6.45) is 0. The molecule has 0 aliphatic heterocycles. The van der Waals surface area contributed by atoms with Crippen LogP contribution in [0.2, 0.25) is 10.0 Å². The first kappa shape index (κ1) is 21.1. The van der Waals surface area contributed by atoms with E-state index in [0.29, 0.717) is 38.2 Å². The summed E-state index contributed by atoms with van der Waals surface area (Å²) < 4.78 is 15.7. The van der Waals surface area contributed by atoms with Crippen molar-refractivity contribution in [2.75, 3.05) is 5.32 Å². The van der Waals surface area contributed by atoms with E-state index in [-0.39, 0.29) is 24.0 Å². The van der Waals surface area contributed by atoms with Gasteiger partial charge in [-0.25, -0.2) is 4.39 Å². The van der Waals surface area contributed by atoms with Crippen LogP contribution in [0.1, 0.15) is 27.4 Å². The van der Waals surface area contributed by atoms with E-state index in [1.54, 1.807) is 54.1 Å². The van der Waals surface area contributed by atoms with Gasteiger partial charge in [0.2, 0.25) is 0 Å². The Kier molecular flexibility index (Phi) is 5.80. The number of hydrogen-bond acceptors (Lipinski definition) is 3. The number of hydrogen-bond donors (Lipinski definition) is 2. The number of nitrogens with zero attached hydrogens (tertiary/aromatic N) is 3.